The van der Waals surface area contributed by atoms with Crippen LogP contribution in [0, 0.1) is 0 Å². The highest BCUT2D eigenvalue weighted by atomic mass is 19.4. The Labute approximate surface area is 135 Å². The number of hydrogen-bond donors (Lipinski definition) is 3. The average molecular weight is 338 g/mol. The van der Waals surface area contributed by atoms with Crippen molar-refractivity contribution in [3.05, 3.63) is 48.0 Å². The van der Waals surface area contributed by atoms with Gasteiger partial charge in [-0.3, -0.25) is 4.79 Å². The summed E-state index contributed by atoms with van der Waals surface area (Å²) in [4.78, 5) is 12.2. The maximum atomic E-state index is 12.6. The Morgan fingerprint density at radius 2 is 2.00 bits per heavy atom. The molecule has 1 amide bonds. The van der Waals surface area contributed by atoms with Gasteiger partial charge in [0.1, 0.15) is 11.5 Å². The zero-order chi connectivity index (χ0) is 17.3. The number of halogens is 3. The van der Waals surface area contributed by atoms with Crippen LogP contribution in [-0.4, -0.2) is 23.7 Å². The number of carbonyl (C=O) groups is 1. The summed E-state index contributed by atoms with van der Waals surface area (Å²) in [6.45, 7) is 0.218. The fourth-order valence-electron chi connectivity index (χ4n) is 2.33. The molecule has 0 radical (unpaired) electrons. The average Bonchev–Trinajstić information content (AvgIpc) is 2.53. The van der Waals surface area contributed by atoms with Crippen molar-refractivity contribution in [2.45, 2.75) is 12.3 Å². The Balaban J connectivity index is 1.71. The van der Waals surface area contributed by atoms with Crippen LogP contribution in [0.5, 0.6) is 11.5 Å². The van der Waals surface area contributed by atoms with E-state index in [0.29, 0.717) is 11.8 Å². The normalized spacial score (nSPS) is 16.5. The van der Waals surface area contributed by atoms with Gasteiger partial charge in [-0.05, 0) is 24.3 Å². The summed E-state index contributed by atoms with van der Waals surface area (Å²) >= 11 is 0. The van der Waals surface area contributed by atoms with Gasteiger partial charge >= 0.3 is 6.18 Å². The molecule has 0 bridgehead atoms. The van der Waals surface area contributed by atoms with Crippen LogP contribution in [0.4, 0.5) is 24.5 Å². The summed E-state index contributed by atoms with van der Waals surface area (Å²) in [6, 6.07) is 9.72. The number of rotatable bonds is 2. The molecule has 1 aliphatic rings. The third kappa shape index (κ3) is 3.22. The van der Waals surface area contributed by atoms with Gasteiger partial charge in [0.2, 0.25) is 0 Å². The highest BCUT2D eigenvalue weighted by Crippen LogP contribution is 2.37. The second-order valence-corrected chi connectivity index (χ2v) is 5.20. The first-order valence-electron chi connectivity index (χ1n) is 7.05. The van der Waals surface area contributed by atoms with Gasteiger partial charge in [0.25, 0.3) is 5.91 Å². The van der Waals surface area contributed by atoms with Crippen molar-refractivity contribution in [2.24, 2.45) is 0 Å². The number of phenolic OH excluding ortho intramolecular Hbond substituents is 1. The van der Waals surface area contributed by atoms with Crippen molar-refractivity contribution in [1.29, 1.82) is 0 Å². The van der Waals surface area contributed by atoms with Gasteiger partial charge in [0, 0.05) is 11.8 Å². The third-order valence-corrected chi connectivity index (χ3v) is 3.50. The molecule has 24 heavy (non-hydrogen) atoms. The molecule has 1 atom stereocenters. The quantitative estimate of drug-likeness (QED) is 0.786. The molecule has 3 rings (SSSR count). The van der Waals surface area contributed by atoms with Crippen molar-refractivity contribution in [3.63, 3.8) is 0 Å². The van der Waals surface area contributed by atoms with Crippen LogP contribution >= 0.6 is 0 Å². The second kappa shape index (κ2) is 5.95. The highest BCUT2D eigenvalue weighted by molar-refractivity contribution is 5.95. The van der Waals surface area contributed by atoms with Crippen LogP contribution < -0.4 is 15.4 Å². The predicted molar refractivity (Wildman–Crippen MR) is 81.1 cm³/mol. The lowest BCUT2D eigenvalue weighted by Crippen LogP contribution is -2.41. The molecule has 1 unspecified atom stereocenters. The van der Waals surface area contributed by atoms with E-state index in [1.165, 1.54) is 0 Å². The summed E-state index contributed by atoms with van der Waals surface area (Å²) in [6.07, 6.45) is -5.50. The zero-order valence-corrected chi connectivity index (χ0v) is 12.2. The first-order valence-corrected chi connectivity index (χ1v) is 7.05. The van der Waals surface area contributed by atoms with E-state index in [1.807, 2.05) is 6.07 Å². The summed E-state index contributed by atoms with van der Waals surface area (Å²) < 4.78 is 43.4. The molecule has 0 saturated carbocycles. The van der Waals surface area contributed by atoms with Crippen LogP contribution in [0.15, 0.2) is 42.5 Å². The molecule has 3 N–H and O–H groups in total. The van der Waals surface area contributed by atoms with Gasteiger partial charge in [-0.1, -0.05) is 12.1 Å². The maximum Gasteiger partial charge on any atom is 0.419 e. The number of benzene rings is 2. The van der Waals surface area contributed by atoms with E-state index in [9.17, 15) is 23.1 Å². The minimum absolute atomic E-state index is 0.0490. The topological polar surface area (TPSA) is 70.6 Å². The Morgan fingerprint density at radius 1 is 1.25 bits per heavy atom. The van der Waals surface area contributed by atoms with E-state index in [-0.39, 0.29) is 12.2 Å². The van der Waals surface area contributed by atoms with E-state index in [4.69, 9.17) is 4.74 Å². The molecule has 1 heterocycles. The number of carbonyl (C=O) groups excluding carboxylic acids is 1. The number of anilines is 2. The first kappa shape index (κ1) is 16.0. The number of alkyl halides is 3. The lowest BCUT2D eigenvalue weighted by Gasteiger charge is -2.26. The number of nitrogens with one attached hydrogen (secondary N) is 2. The largest absolute Gasteiger partial charge is 0.507 e. The second-order valence-electron chi connectivity index (χ2n) is 5.20. The number of fused-ring (bicyclic) bond motifs is 1. The third-order valence-electron chi connectivity index (χ3n) is 3.50. The molecule has 0 aromatic heterocycles. The number of aromatic hydroxyl groups is 1. The smallest absolute Gasteiger partial charge is 0.419 e. The van der Waals surface area contributed by atoms with Crippen LogP contribution in [0.3, 0.4) is 0 Å². The molecule has 2 aromatic carbocycles. The van der Waals surface area contributed by atoms with Crippen molar-refractivity contribution in [2.75, 3.05) is 17.2 Å². The van der Waals surface area contributed by atoms with Crippen LogP contribution in [0.2, 0.25) is 0 Å². The summed E-state index contributed by atoms with van der Waals surface area (Å²) in [5.41, 5.74) is -0.355. The van der Waals surface area contributed by atoms with Crippen molar-refractivity contribution in [1.82, 2.24) is 0 Å². The van der Waals surface area contributed by atoms with Crippen molar-refractivity contribution < 1.29 is 27.8 Å². The number of ether oxygens (including phenoxy) is 1. The van der Waals surface area contributed by atoms with Crippen LogP contribution in [0.25, 0.3) is 0 Å². The van der Waals surface area contributed by atoms with Gasteiger partial charge < -0.3 is 20.5 Å². The Morgan fingerprint density at radius 3 is 2.71 bits per heavy atom. The zero-order valence-electron chi connectivity index (χ0n) is 12.2. The lowest BCUT2D eigenvalue weighted by molar-refractivity contribution is -0.138. The van der Waals surface area contributed by atoms with E-state index < -0.39 is 29.5 Å². The number of phenols is 1. The molecule has 2 aromatic rings. The molecular weight excluding hydrogens is 325 g/mol. The highest BCUT2D eigenvalue weighted by Gasteiger charge is 2.34. The van der Waals surface area contributed by atoms with E-state index >= 15 is 0 Å². The molecule has 8 heteroatoms. The monoisotopic (exact) mass is 338 g/mol. The standard InChI is InChI=1S/C16H13F3N2O3/c17-16(18,19)10-6-5-9(7-12(10)22)21-15(23)14-8-20-11-3-1-2-4-13(11)24-14/h1-7,14,20,22H,8H2,(H,21,23). The van der Waals surface area contributed by atoms with Crippen LogP contribution in [-0.2, 0) is 11.0 Å². The van der Waals surface area contributed by atoms with Crippen LogP contribution in [0.1, 0.15) is 5.56 Å². The number of para-hydroxylation sites is 2. The van der Waals surface area contributed by atoms with Gasteiger partial charge in [-0.2, -0.15) is 13.2 Å². The molecule has 0 fully saturated rings. The molecular formula is C16H13F3N2O3. The Kier molecular flexibility index (Phi) is 3.96. The number of hydrogen-bond acceptors (Lipinski definition) is 4. The lowest BCUT2D eigenvalue weighted by atomic mass is 10.1. The van der Waals surface area contributed by atoms with Crippen molar-refractivity contribution in [3.8, 4) is 11.5 Å². The molecule has 5 nitrogen and oxygen atoms in total. The summed E-state index contributed by atoms with van der Waals surface area (Å²) in [7, 11) is 0. The van der Waals surface area contributed by atoms with Gasteiger partial charge in [0.05, 0.1) is 17.8 Å². The first-order chi connectivity index (χ1) is 11.3. The van der Waals surface area contributed by atoms with E-state index in [2.05, 4.69) is 10.6 Å². The predicted octanol–water partition coefficient (Wildman–Crippen LogP) is 3.22. The Hall–Kier alpha value is -2.90. The fourth-order valence-corrected chi connectivity index (χ4v) is 2.33. The molecule has 126 valence electrons. The molecule has 0 aliphatic carbocycles. The fraction of sp³-hybridized carbons (Fsp3) is 0.188. The van der Waals surface area contributed by atoms with E-state index in [0.717, 1.165) is 17.8 Å². The minimum atomic E-state index is -4.66. The maximum absolute atomic E-state index is 12.6. The van der Waals surface area contributed by atoms with Gasteiger partial charge in [-0.15, -0.1) is 0 Å². The molecule has 1 aliphatic heterocycles. The SMILES string of the molecule is O=C(Nc1ccc(C(F)(F)F)c(O)c1)C1CNc2ccccc2O1. The summed E-state index contributed by atoms with van der Waals surface area (Å²) in [5, 5.41) is 14.9. The van der Waals surface area contributed by atoms with Gasteiger partial charge in [0.15, 0.2) is 6.10 Å². The molecule has 0 saturated heterocycles. The Bertz CT molecular complexity index is 777. The van der Waals surface area contributed by atoms with Crippen molar-refractivity contribution >= 4 is 17.3 Å². The number of amides is 1. The summed E-state index contributed by atoms with van der Waals surface area (Å²) in [5.74, 6) is -0.969. The minimum Gasteiger partial charge on any atom is -0.507 e. The molecule has 0 spiro atoms. The van der Waals surface area contributed by atoms with E-state index in [1.54, 1.807) is 18.2 Å². The van der Waals surface area contributed by atoms with Gasteiger partial charge in [-0.25, -0.2) is 0 Å².